The van der Waals surface area contributed by atoms with E-state index in [4.69, 9.17) is 9.15 Å². The largest absolute Gasteiger partial charge is 0.481 e. The molecule has 0 fully saturated rings. The average Bonchev–Trinajstić information content (AvgIpc) is 3.26. The summed E-state index contributed by atoms with van der Waals surface area (Å²) in [5.74, 6) is -0.0946. The lowest BCUT2D eigenvalue weighted by Gasteiger charge is -2.07. The molecule has 4 nitrogen and oxygen atoms in total. The summed E-state index contributed by atoms with van der Waals surface area (Å²) in [6.07, 6.45) is 0. The van der Waals surface area contributed by atoms with Gasteiger partial charge >= 0.3 is 0 Å². The van der Waals surface area contributed by atoms with Gasteiger partial charge in [-0.05, 0) is 23.3 Å². The van der Waals surface area contributed by atoms with Crippen LogP contribution in [-0.4, -0.2) is 18.2 Å². The summed E-state index contributed by atoms with van der Waals surface area (Å²) in [5, 5.41) is 0.656. The molecule has 0 unspecified atom stereocenters. The zero-order valence-electron chi connectivity index (χ0n) is 17.7. The Labute approximate surface area is 191 Å². The summed E-state index contributed by atoms with van der Waals surface area (Å²) in [6.45, 7) is -0.205. The van der Waals surface area contributed by atoms with Crippen molar-refractivity contribution in [2.45, 2.75) is 0 Å². The molecule has 1 aromatic heterocycles. The highest BCUT2D eigenvalue weighted by Gasteiger charge is 2.24. The first-order valence-corrected chi connectivity index (χ1v) is 10.6. The van der Waals surface area contributed by atoms with Gasteiger partial charge < -0.3 is 9.15 Å². The van der Waals surface area contributed by atoms with Crippen molar-refractivity contribution in [3.8, 4) is 16.9 Å². The van der Waals surface area contributed by atoms with Crippen LogP contribution < -0.4 is 4.74 Å². The summed E-state index contributed by atoms with van der Waals surface area (Å²) < 4.78 is 11.7. The molecule has 0 saturated carbocycles. The number of rotatable bonds is 7. The van der Waals surface area contributed by atoms with Crippen LogP contribution in [-0.2, 0) is 0 Å². The Hall–Kier alpha value is -4.44. The first-order valence-electron chi connectivity index (χ1n) is 10.6. The zero-order valence-corrected chi connectivity index (χ0v) is 17.7. The molecule has 5 aromatic rings. The quantitative estimate of drug-likeness (QED) is 0.272. The van der Waals surface area contributed by atoms with Gasteiger partial charge in [-0.2, -0.15) is 0 Å². The second kappa shape index (κ2) is 8.97. The van der Waals surface area contributed by atoms with Crippen molar-refractivity contribution in [2.75, 3.05) is 6.61 Å². The molecule has 33 heavy (non-hydrogen) atoms. The van der Waals surface area contributed by atoms with E-state index in [0.29, 0.717) is 22.1 Å². The first-order chi connectivity index (χ1) is 16.2. The zero-order chi connectivity index (χ0) is 22.6. The molecule has 0 N–H and O–H groups in total. The molecule has 0 aliphatic rings. The Balaban J connectivity index is 1.39. The highest BCUT2D eigenvalue weighted by molar-refractivity contribution is 6.12. The van der Waals surface area contributed by atoms with E-state index in [0.717, 1.165) is 11.1 Å². The van der Waals surface area contributed by atoms with E-state index in [1.807, 2.05) is 66.7 Å². The molecule has 1 heterocycles. The number of Topliss-reactive ketones (excluding diaryl/α,β-unsaturated/α-hetero) is 1. The van der Waals surface area contributed by atoms with Crippen LogP contribution in [0.25, 0.3) is 22.1 Å². The molecule has 0 aliphatic heterocycles. The average molecular weight is 432 g/mol. The van der Waals surface area contributed by atoms with Crippen molar-refractivity contribution in [1.29, 1.82) is 0 Å². The van der Waals surface area contributed by atoms with Crippen LogP contribution in [0.5, 0.6) is 5.75 Å². The van der Waals surface area contributed by atoms with E-state index < -0.39 is 0 Å². The summed E-state index contributed by atoms with van der Waals surface area (Å²) in [7, 11) is 0. The van der Waals surface area contributed by atoms with Crippen molar-refractivity contribution in [1.82, 2.24) is 0 Å². The van der Waals surface area contributed by atoms with Crippen molar-refractivity contribution in [3.63, 3.8) is 0 Å². The molecule has 5 rings (SSSR count). The monoisotopic (exact) mass is 432 g/mol. The first kappa shape index (κ1) is 20.5. The highest BCUT2D eigenvalue weighted by Crippen LogP contribution is 2.34. The molecular formula is C29H20O4. The number of carbonyl (C=O) groups is 2. The number of ketones is 2. The number of benzene rings is 4. The van der Waals surface area contributed by atoms with Crippen molar-refractivity contribution >= 4 is 22.5 Å². The maximum Gasteiger partial charge on any atom is 0.232 e. The van der Waals surface area contributed by atoms with Crippen LogP contribution in [0.1, 0.15) is 26.5 Å². The van der Waals surface area contributed by atoms with Gasteiger partial charge in [0.25, 0.3) is 0 Å². The molecule has 4 aromatic carbocycles. The van der Waals surface area contributed by atoms with Crippen LogP contribution in [0.15, 0.2) is 114 Å². The van der Waals surface area contributed by atoms with Gasteiger partial charge in [0.2, 0.25) is 11.5 Å². The number of hydrogen-bond donors (Lipinski definition) is 0. The lowest BCUT2D eigenvalue weighted by molar-refractivity contribution is 0.0912. The number of fused-ring (bicyclic) bond motifs is 1. The lowest BCUT2D eigenvalue weighted by Crippen LogP contribution is -2.13. The maximum absolute atomic E-state index is 13.1. The Morgan fingerprint density at radius 1 is 0.636 bits per heavy atom. The molecule has 0 bridgehead atoms. The van der Waals surface area contributed by atoms with Crippen LogP contribution in [0, 0.1) is 0 Å². The molecular weight excluding hydrogens is 412 g/mol. The number of hydrogen-bond acceptors (Lipinski definition) is 4. The fraction of sp³-hybridized carbons (Fsp3) is 0.0345. The molecule has 0 saturated heterocycles. The minimum Gasteiger partial charge on any atom is -0.481 e. The number of furan rings is 1. The van der Waals surface area contributed by atoms with E-state index in [2.05, 4.69) is 0 Å². The Morgan fingerprint density at radius 2 is 1.24 bits per heavy atom. The second-order valence-electron chi connectivity index (χ2n) is 7.61. The fourth-order valence-electron chi connectivity index (χ4n) is 3.74. The third kappa shape index (κ3) is 4.19. The molecule has 0 aliphatic carbocycles. The Morgan fingerprint density at radius 3 is 1.97 bits per heavy atom. The topological polar surface area (TPSA) is 56.5 Å². The van der Waals surface area contributed by atoms with Gasteiger partial charge in [0.15, 0.2) is 18.1 Å². The van der Waals surface area contributed by atoms with Gasteiger partial charge in [-0.25, -0.2) is 0 Å². The smallest absolute Gasteiger partial charge is 0.232 e. The van der Waals surface area contributed by atoms with Crippen molar-refractivity contribution in [2.24, 2.45) is 0 Å². The Bertz CT molecular complexity index is 1420. The predicted octanol–water partition coefficient (Wildman–Crippen LogP) is 6.59. The van der Waals surface area contributed by atoms with Crippen LogP contribution in [0.4, 0.5) is 0 Å². The minimum atomic E-state index is -0.290. The standard InChI is InChI=1S/C29H20O4/c30-25(22-17-15-21(16-18-22)20-9-3-1-4-10-20)19-32-28-24-13-7-8-14-26(24)33-29(28)27(31)23-11-5-2-6-12-23/h1-18H,19H2. The summed E-state index contributed by atoms with van der Waals surface area (Å²) >= 11 is 0. The van der Waals surface area contributed by atoms with E-state index in [-0.39, 0.29) is 29.7 Å². The van der Waals surface area contributed by atoms with E-state index in [1.165, 1.54) is 0 Å². The van der Waals surface area contributed by atoms with E-state index in [1.54, 1.807) is 42.5 Å². The SMILES string of the molecule is O=C(COc1c(C(=O)c2ccccc2)oc2ccccc12)c1ccc(-c2ccccc2)cc1. The number of ether oxygens (including phenoxy) is 1. The third-order valence-electron chi connectivity index (χ3n) is 5.45. The maximum atomic E-state index is 13.1. The van der Waals surface area contributed by atoms with Gasteiger partial charge in [-0.15, -0.1) is 0 Å². The minimum absolute atomic E-state index is 0.0922. The Kier molecular flexibility index (Phi) is 5.56. The molecule has 160 valence electrons. The van der Waals surface area contributed by atoms with E-state index in [9.17, 15) is 9.59 Å². The third-order valence-corrected chi connectivity index (χ3v) is 5.45. The van der Waals surface area contributed by atoms with Gasteiger partial charge in [-0.3, -0.25) is 9.59 Å². The van der Waals surface area contributed by atoms with Crippen LogP contribution in [0.3, 0.4) is 0 Å². The van der Waals surface area contributed by atoms with Crippen molar-refractivity contribution in [3.05, 3.63) is 126 Å². The van der Waals surface area contributed by atoms with Gasteiger partial charge in [0.1, 0.15) is 5.58 Å². The molecule has 0 spiro atoms. The molecule has 0 atom stereocenters. The van der Waals surface area contributed by atoms with Crippen LogP contribution in [0.2, 0.25) is 0 Å². The van der Waals surface area contributed by atoms with E-state index >= 15 is 0 Å². The molecule has 0 amide bonds. The van der Waals surface area contributed by atoms with Gasteiger partial charge in [0, 0.05) is 11.1 Å². The summed E-state index contributed by atoms with van der Waals surface area (Å²) in [4.78, 5) is 25.9. The second-order valence-corrected chi connectivity index (χ2v) is 7.61. The fourth-order valence-corrected chi connectivity index (χ4v) is 3.74. The number of para-hydroxylation sites is 1. The van der Waals surface area contributed by atoms with Gasteiger partial charge in [-0.1, -0.05) is 97.1 Å². The number of carbonyl (C=O) groups excluding carboxylic acids is 2. The lowest BCUT2D eigenvalue weighted by atomic mass is 10.0. The highest BCUT2D eigenvalue weighted by atomic mass is 16.5. The van der Waals surface area contributed by atoms with Gasteiger partial charge in [0.05, 0.1) is 5.39 Å². The predicted molar refractivity (Wildman–Crippen MR) is 128 cm³/mol. The summed E-state index contributed by atoms with van der Waals surface area (Å²) in [5.41, 5.74) is 3.68. The molecule has 4 heteroatoms. The normalized spacial score (nSPS) is 10.8. The molecule has 0 radical (unpaired) electrons. The van der Waals surface area contributed by atoms with Crippen LogP contribution >= 0.6 is 0 Å². The summed E-state index contributed by atoms with van der Waals surface area (Å²) in [6, 6.07) is 33.5. The van der Waals surface area contributed by atoms with Crippen molar-refractivity contribution < 1.29 is 18.7 Å².